The van der Waals surface area contributed by atoms with Crippen molar-refractivity contribution in [1.29, 1.82) is 0 Å². The maximum atomic E-state index is 11.5. The van der Waals surface area contributed by atoms with E-state index in [-0.39, 0.29) is 14.0 Å². The Labute approximate surface area is 123 Å². The highest BCUT2D eigenvalue weighted by Gasteiger charge is 2.07. The van der Waals surface area contributed by atoms with Crippen LogP contribution in [0.25, 0.3) is 11.0 Å². The number of carbonyl (C=O) groups is 1. The number of aromatic nitrogens is 2. The number of para-hydroxylation sites is 2. The summed E-state index contributed by atoms with van der Waals surface area (Å²) in [6.07, 6.45) is -0.570. The lowest BCUT2D eigenvalue weighted by molar-refractivity contribution is 0.0447. The quantitative estimate of drug-likeness (QED) is 0.766. The van der Waals surface area contributed by atoms with Crippen LogP contribution in [0.1, 0.15) is 7.43 Å². The highest BCUT2D eigenvalue weighted by molar-refractivity contribution is 5.86. The number of nitrogens with zero attached hydrogens (tertiary/aromatic N) is 1. The monoisotopic (exact) mass is 295 g/mol. The molecule has 1 heterocycles. The van der Waals surface area contributed by atoms with Crippen LogP contribution in [0, 0.1) is 0 Å². The maximum Gasteiger partial charge on any atom is 0.414 e. The fourth-order valence-corrected chi connectivity index (χ4v) is 1.58. The van der Waals surface area contributed by atoms with Gasteiger partial charge in [-0.15, -0.1) is 0 Å². The number of hydrogen-bond donors (Lipinski definition) is 2. The first-order valence-electron chi connectivity index (χ1n) is 6.25. The molecule has 1 aromatic carbocycles. The number of nitrogens with one attached hydrogen (secondary N) is 2. The van der Waals surface area contributed by atoms with Crippen LogP contribution in [0.15, 0.2) is 24.3 Å². The molecule has 21 heavy (non-hydrogen) atoms. The minimum absolute atomic E-state index is 0. The molecular weight excluding hydrogens is 274 g/mol. The number of benzene rings is 1. The topological polar surface area (TPSA) is 85.5 Å². The number of rotatable bonds is 7. The van der Waals surface area contributed by atoms with Gasteiger partial charge < -0.3 is 19.2 Å². The van der Waals surface area contributed by atoms with Crippen molar-refractivity contribution < 1.29 is 19.0 Å². The number of fused-ring (bicyclic) bond motifs is 1. The van der Waals surface area contributed by atoms with Crippen molar-refractivity contribution >= 4 is 23.1 Å². The largest absolute Gasteiger partial charge is 0.447 e. The molecule has 0 bridgehead atoms. The first-order valence-corrected chi connectivity index (χ1v) is 6.25. The van der Waals surface area contributed by atoms with Crippen LogP contribution in [-0.2, 0) is 14.2 Å². The van der Waals surface area contributed by atoms with Gasteiger partial charge in [-0.3, -0.25) is 5.32 Å². The van der Waals surface area contributed by atoms with E-state index < -0.39 is 6.09 Å². The van der Waals surface area contributed by atoms with Crippen molar-refractivity contribution in [1.82, 2.24) is 9.97 Å². The highest BCUT2D eigenvalue weighted by atomic mass is 16.6. The number of ether oxygens (including phenoxy) is 3. The van der Waals surface area contributed by atoms with Gasteiger partial charge in [0.15, 0.2) is 0 Å². The molecule has 2 rings (SSSR count). The Morgan fingerprint density at radius 2 is 2.00 bits per heavy atom. The normalized spacial score (nSPS) is 10.1. The Balaban J connectivity index is 0.00000220. The summed E-state index contributed by atoms with van der Waals surface area (Å²) >= 11 is 0. The average Bonchev–Trinajstić information content (AvgIpc) is 2.84. The van der Waals surface area contributed by atoms with Crippen LogP contribution >= 0.6 is 0 Å². The number of methoxy groups -OCH3 is 1. The lowest BCUT2D eigenvalue weighted by Crippen LogP contribution is -2.18. The molecule has 0 unspecified atom stereocenters. The van der Waals surface area contributed by atoms with Crippen LogP contribution in [0.5, 0.6) is 0 Å². The first kappa shape index (κ1) is 16.9. The fraction of sp³-hybridized carbons (Fsp3) is 0.429. The molecule has 0 spiro atoms. The zero-order valence-electron chi connectivity index (χ0n) is 11.2. The molecule has 0 saturated carbocycles. The van der Waals surface area contributed by atoms with Crippen molar-refractivity contribution in [2.75, 3.05) is 38.9 Å². The van der Waals surface area contributed by atoms with Crippen molar-refractivity contribution in [3.63, 3.8) is 0 Å². The van der Waals surface area contributed by atoms with Gasteiger partial charge in [0.2, 0.25) is 5.95 Å². The molecule has 0 aliphatic rings. The van der Waals surface area contributed by atoms with Crippen LogP contribution in [-0.4, -0.2) is 49.6 Å². The molecule has 0 aliphatic heterocycles. The molecule has 0 saturated heterocycles. The third kappa shape index (κ3) is 5.41. The van der Waals surface area contributed by atoms with Gasteiger partial charge in [0, 0.05) is 7.11 Å². The van der Waals surface area contributed by atoms with E-state index >= 15 is 0 Å². The van der Waals surface area contributed by atoms with Gasteiger partial charge in [-0.25, -0.2) is 9.78 Å². The molecule has 2 aromatic rings. The summed E-state index contributed by atoms with van der Waals surface area (Å²) in [6, 6.07) is 7.50. The Morgan fingerprint density at radius 3 is 2.76 bits per heavy atom. The van der Waals surface area contributed by atoms with E-state index in [4.69, 9.17) is 14.2 Å². The number of amides is 1. The Kier molecular flexibility index (Phi) is 7.20. The molecule has 7 heteroatoms. The number of imidazole rings is 1. The average molecular weight is 295 g/mol. The van der Waals surface area contributed by atoms with Gasteiger partial charge in [-0.2, -0.15) is 0 Å². The number of aromatic amines is 1. The minimum atomic E-state index is -0.570. The summed E-state index contributed by atoms with van der Waals surface area (Å²) in [5.74, 6) is 0.358. The maximum absolute atomic E-state index is 11.5. The summed E-state index contributed by atoms with van der Waals surface area (Å²) in [4.78, 5) is 18.7. The van der Waals surface area contributed by atoms with Crippen LogP contribution in [0.4, 0.5) is 10.7 Å². The van der Waals surface area contributed by atoms with E-state index in [0.717, 1.165) is 11.0 Å². The third-order valence-electron chi connectivity index (χ3n) is 2.50. The molecular formula is C14H21N3O4. The number of anilines is 1. The van der Waals surface area contributed by atoms with Crippen LogP contribution < -0.4 is 5.32 Å². The van der Waals surface area contributed by atoms with E-state index in [1.54, 1.807) is 7.11 Å². The Bertz CT molecular complexity index is 523. The predicted octanol–water partition coefficient (Wildman–Crippen LogP) is 2.41. The van der Waals surface area contributed by atoms with Crippen LogP contribution in [0.2, 0.25) is 0 Å². The lowest BCUT2D eigenvalue weighted by atomic mass is 10.3. The molecule has 0 atom stereocenters. The zero-order chi connectivity index (χ0) is 14.2. The molecule has 0 aliphatic carbocycles. The van der Waals surface area contributed by atoms with Gasteiger partial charge in [0.05, 0.1) is 30.9 Å². The van der Waals surface area contributed by atoms with E-state index in [1.807, 2.05) is 24.3 Å². The molecule has 7 nitrogen and oxygen atoms in total. The summed E-state index contributed by atoms with van der Waals surface area (Å²) < 4.78 is 14.9. The standard InChI is InChI=1S/C13H17N3O4.CH4/c1-18-6-7-19-8-9-20-13(17)16-12-14-10-4-2-3-5-11(10)15-12;/h2-5H,6-9H2,1H3,(H2,14,15,16,17);1H4. The van der Waals surface area contributed by atoms with Crippen LogP contribution in [0.3, 0.4) is 0 Å². The number of H-pyrrole nitrogens is 1. The van der Waals surface area contributed by atoms with Gasteiger partial charge in [-0.1, -0.05) is 19.6 Å². The zero-order valence-corrected chi connectivity index (χ0v) is 11.2. The fourth-order valence-electron chi connectivity index (χ4n) is 1.58. The minimum Gasteiger partial charge on any atom is -0.447 e. The summed E-state index contributed by atoms with van der Waals surface area (Å²) in [5.41, 5.74) is 1.64. The van der Waals surface area contributed by atoms with E-state index in [9.17, 15) is 4.79 Å². The second-order valence-corrected chi connectivity index (χ2v) is 3.97. The molecule has 2 N–H and O–H groups in total. The molecule has 1 aromatic heterocycles. The van der Waals surface area contributed by atoms with E-state index in [0.29, 0.717) is 25.8 Å². The van der Waals surface area contributed by atoms with Crippen molar-refractivity contribution in [2.24, 2.45) is 0 Å². The Morgan fingerprint density at radius 1 is 1.24 bits per heavy atom. The summed E-state index contributed by atoms with van der Waals surface area (Å²) in [6.45, 7) is 1.50. The Hall–Kier alpha value is -2.12. The van der Waals surface area contributed by atoms with Gasteiger partial charge in [0.1, 0.15) is 6.61 Å². The van der Waals surface area contributed by atoms with Gasteiger partial charge in [0.25, 0.3) is 0 Å². The van der Waals surface area contributed by atoms with Gasteiger partial charge in [-0.05, 0) is 12.1 Å². The van der Waals surface area contributed by atoms with E-state index in [1.165, 1.54) is 0 Å². The summed E-state index contributed by atoms with van der Waals surface area (Å²) in [7, 11) is 1.60. The lowest BCUT2D eigenvalue weighted by Gasteiger charge is -2.05. The second kappa shape index (κ2) is 8.93. The SMILES string of the molecule is C.COCCOCCOC(=O)Nc1nc2ccccc2[nH]1. The molecule has 0 radical (unpaired) electrons. The third-order valence-corrected chi connectivity index (χ3v) is 2.50. The second-order valence-electron chi connectivity index (χ2n) is 3.97. The smallest absolute Gasteiger partial charge is 0.414 e. The molecule has 0 fully saturated rings. The van der Waals surface area contributed by atoms with E-state index in [2.05, 4.69) is 15.3 Å². The van der Waals surface area contributed by atoms with Crippen molar-refractivity contribution in [2.45, 2.75) is 7.43 Å². The predicted molar refractivity (Wildman–Crippen MR) is 80.5 cm³/mol. The van der Waals surface area contributed by atoms with Gasteiger partial charge >= 0.3 is 6.09 Å². The molecule has 1 amide bonds. The first-order chi connectivity index (χ1) is 9.79. The van der Waals surface area contributed by atoms with Crippen molar-refractivity contribution in [3.8, 4) is 0 Å². The molecule has 116 valence electrons. The number of carbonyl (C=O) groups excluding carboxylic acids is 1. The summed E-state index contributed by atoms with van der Waals surface area (Å²) in [5, 5.41) is 2.53. The van der Waals surface area contributed by atoms with Crippen molar-refractivity contribution in [3.05, 3.63) is 24.3 Å². The highest BCUT2D eigenvalue weighted by Crippen LogP contribution is 2.13. The number of hydrogen-bond acceptors (Lipinski definition) is 5.